The fourth-order valence-corrected chi connectivity index (χ4v) is 3.57. The molecule has 0 radical (unpaired) electrons. The molecule has 1 aliphatic heterocycles. The molecule has 4 rings (SSSR count). The zero-order valence-corrected chi connectivity index (χ0v) is 16.2. The van der Waals surface area contributed by atoms with Crippen molar-refractivity contribution in [2.75, 3.05) is 30.4 Å². The van der Waals surface area contributed by atoms with Crippen LogP contribution >= 0.6 is 11.6 Å². The van der Waals surface area contributed by atoms with Crippen LogP contribution in [0.4, 0.5) is 16.2 Å². The summed E-state index contributed by atoms with van der Waals surface area (Å²) in [5.74, 6) is -0.369. The minimum atomic E-state index is -0.369. The lowest BCUT2D eigenvalue weighted by molar-refractivity contribution is 0.102. The number of nitrogens with zero attached hydrogens (tertiary/aromatic N) is 4. The molecule has 1 saturated heterocycles. The van der Waals surface area contributed by atoms with E-state index in [2.05, 4.69) is 15.3 Å². The molecule has 0 spiro atoms. The van der Waals surface area contributed by atoms with Gasteiger partial charge < -0.3 is 10.2 Å². The summed E-state index contributed by atoms with van der Waals surface area (Å²) in [6, 6.07) is 8.72. The number of nitrogens with one attached hydrogen (secondary N) is 1. The first-order valence-electron chi connectivity index (χ1n) is 8.80. The van der Waals surface area contributed by atoms with E-state index in [1.54, 1.807) is 41.2 Å². The summed E-state index contributed by atoms with van der Waals surface area (Å²) in [6.07, 6.45) is 3.24. The molecule has 3 heterocycles. The highest BCUT2D eigenvalue weighted by Crippen LogP contribution is 2.34. The van der Waals surface area contributed by atoms with Crippen molar-refractivity contribution in [1.82, 2.24) is 14.9 Å². The third-order valence-corrected chi connectivity index (χ3v) is 5.09. The number of fused-ring (bicyclic) bond motifs is 1. The fourth-order valence-electron chi connectivity index (χ4n) is 3.37. The van der Waals surface area contributed by atoms with Gasteiger partial charge in [0, 0.05) is 37.9 Å². The molecular weight excluding hydrogens is 378 g/mol. The van der Waals surface area contributed by atoms with Crippen molar-refractivity contribution in [3.8, 4) is 0 Å². The van der Waals surface area contributed by atoms with E-state index in [4.69, 9.17) is 11.6 Å². The van der Waals surface area contributed by atoms with Crippen LogP contribution in [-0.2, 0) is 0 Å². The second kappa shape index (κ2) is 7.09. The molecule has 1 fully saturated rings. The lowest BCUT2D eigenvalue weighted by Gasteiger charge is -2.21. The van der Waals surface area contributed by atoms with Gasteiger partial charge in [-0.1, -0.05) is 23.7 Å². The summed E-state index contributed by atoms with van der Waals surface area (Å²) >= 11 is 6.03. The molecule has 3 amide bonds. The average molecular weight is 396 g/mol. The first kappa shape index (κ1) is 18.2. The summed E-state index contributed by atoms with van der Waals surface area (Å²) in [4.78, 5) is 37.1. The zero-order valence-electron chi connectivity index (χ0n) is 15.4. The molecule has 2 aromatic heterocycles. The van der Waals surface area contributed by atoms with Crippen molar-refractivity contribution in [2.24, 2.45) is 0 Å². The number of carbonyl (C=O) groups is 2. The molecule has 7 nitrogen and oxygen atoms in total. The Balaban J connectivity index is 1.78. The van der Waals surface area contributed by atoms with Gasteiger partial charge in [-0.2, -0.15) is 0 Å². The van der Waals surface area contributed by atoms with Crippen molar-refractivity contribution < 1.29 is 9.59 Å². The quantitative estimate of drug-likeness (QED) is 0.685. The number of carbonyl (C=O) groups excluding carboxylic acids is 2. The van der Waals surface area contributed by atoms with Crippen LogP contribution in [0.2, 0.25) is 5.15 Å². The highest BCUT2D eigenvalue weighted by molar-refractivity contribution is 6.33. The number of urea groups is 1. The number of benzene rings is 1. The third-order valence-electron chi connectivity index (χ3n) is 4.79. The first-order chi connectivity index (χ1) is 13.5. The molecule has 1 aromatic carbocycles. The normalized spacial score (nSPS) is 14.0. The molecule has 28 heavy (non-hydrogen) atoms. The molecule has 0 aliphatic carbocycles. The summed E-state index contributed by atoms with van der Waals surface area (Å²) < 4.78 is 0. The maximum atomic E-state index is 12.6. The SMILES string of the molecule is Cc1cnc2c(NC(=O)c3cccnc3Cl)cccc2c1N1CCN(C)C1=O. The van der Waals surface area contributed by atoms with Gasteiger partial charge in [-0.15, -0.1) is 0 Å². The molecule has 1 aliphatic rings. The van der Waals surface area contributed by atoms with Crippen LogP contribution in [0.25, 0.3) is 10.9 Å². The van der Waals surface area contributed by atoms with Crippen molar-refractivity contribution >= 4 is 45.8 Å². The van der Waals surface area contributed by atoms with Gasteiger partial charge in [0.25, 0.3) is 5.91 Å². The van der Waals surface area contributed by atoms with Crippen molar-refractivity contribution in [2.45, 2.75) is 6.92 Å². The number of pyridine rings is 2. The molecule has 8 heteroatoms. The summed E-state index contributed by atoms with van der Waals surface area (Å²) in [5.41, 5.74) is 3.15. The topological polar surface area (TPSA) is 78.4 Å². The molecule has 1 N–H and O–H groups in total. The summed E-state index contributed by atoms with van der Waals surface area (Å²) in [6.45, 7) is 3.20. The van der Waals surface area contributed by atoms with Gasteiger partial charge in [0.2, 0.25) is 0 Å². The van der Waals surface area contributed by atoms with Crippen LogP contribution in [0.1, 0.15) is 15.9 Å². The van der Waals surface area contributed by atoms with Gasteiger partial charge in [0.05, 0.1) is 22.5 Å². The lowest BCUT2D eigenvalue weighted by Crippen LogP contribution is -2.30. The number of hydrogen-bond donors (Lipinski definition) is 1. The fraction of sp³-hybridized carbons (Fsp3) is 0.200. The second-order valence-electron chi connectivity index (χ2n) is 6.64. The van der Waals surface area contributed by atoms with E-state index in [1.807, 2.05) is 19.1 Å². The molecule has 0 saturated carbocycles. The van der Waals surface area contributed by atoms with Crippen LogP contribution in [0.15, 0.2) is 42.7 Å². The number of anilines is 2. The van der Waals surface area contributed by atoms with Crippen LogP contribution in [-0.4, -0.2) is 46.9 Å². The van der Waals surface area contributed by atoms with Crippen molar-refractivity contribution in [1.29, 1.82) is 0 Å². The highest BCUT2D eigenvalue weighted by atomic mass is 35.5. The van der Waals surface area contributed by atoms with Crippen LogP contribution in [0.3, 0.4) is 0 Å². The largest absolute Gasteiger partial charge is 0.326 e. The molecule has 0 unspecified atom stereocenters. The molecular formula is C20H18ClN5O2. The number of aryl methyl sites for hydroxylation is 1. The third kappa shape index (κ3) is 3.03. The van der Waals surface area contributed by atoms with E-state index < -0.39 is 0 Å². The lowest BCUT2D eigenvalue weighted by atomic mass is 10.1. The number of halogens is 1. The molecule has 0 atom stereocenters. The van der Waals surface area contributed by atoms with Crippen LogP contribution < -0.4 is 10.2 Å². The van der Waals surface area contributed by atoms with Gasteiger partial charge in [-0.3, -0.25) is 14.7 Å². The van der Waals surface area contributed by atoms with Gasteiger partial charge in [0.15, 0.2) is 0 Å². The van der Waals surface area contributed by atoms with Crippen molar-refractivity contribution in [3.05, 3.63) is 59.0 Å². The Kier molecular flexibility index (Phi) is 4.60. The van der Waals surface area contributed by atoms with Gasteiger partial charge >= 0.3 is 6.03 Å². The Morgan fingerprint density at radius 1 is 1.18 bits per heavy atom. The number of rotatable bonds is 3. The standard InChI is InChI=1S/C20H18ClN5O2/c1-12-11-23-16-13(17(12)26-10-9-25(2)20(26)28)5-3-7-15(16)24-19(27)14-6-4-8-22-18(14)21/h3-8,11H,9-10H2,1-2H3,(H,24,27). The van der Waals surface area contributed by atoms with Crippen LogP contribution in [0, 0.1) is 6.92 Å². The predicted molar refractivity (Wildman–Crippen MR) is 109 cm³/mol. The van der Waals surface area contributed by atoms with E-state index in [0.717, 1.165) is 16.6 Å². The number of aromatic nitrogens is 2. The Hall–Kier alpha value is -3.19. The minimum Gasteiger partial charge on any atom is -0.326 e. The zero-order chi connectivity index (χ0) is 19.8. The second-order valence-corrected chi connectivity index (χ2v) is 7.00. The van der Waals surface area contributed by atoms with E-state index in [9.17, 15) is 9.59 Å². The van der Waals surface area contributed by atoms with Crippen LogP contribution in [0.5, 0.6) is 0 Å². The maximum absolute atomic E-state index is 12.6. The van der Waals surface area contributed by atoms with E-state index >= 15 is 0 Å². The summed E-state index contributed by atoms with van der Waals surface area (Å²) in [7, 11) is 1.78. The van der Waals surface area contributed by atoms with Gasteiger partial charge in [-0.25, -0.2) is 9.78 Å². The van der Waals surface area contributed by atoms with E-state index in [0.29, 0.717) is 24.3 Å². The molecule has 0 bridgehead atoms. The Bertz CT molecular complexity index is 1100. The number of likely N-dealkylation sites (N-methyl/N-ethyl adjacent to an activating group) is 1. The highest BCUT2D eigenvalue weighted by Gasteiger charge is 2.29. The summed E-state index contributed by atoms with van der Waals surface area (Å²) in [5, 5.41) is 3.80. The minimum absolute atomic E-state index is 0.0489. The Morgan fingerprint density at radius 2 is 2.00 bits per heavy atom. The Labute approximate surface area is 166 Å². The van der Waals surface area contributed by atoms with E-state index in [1.165, 1.54) is 6.20 Å². The first-order valence-corrected chi connectivity index (χ1v) is 9.18. The Morgan fingerprint density at radius 3 is 2.71 bits per heavy atom. The van der Waals surface area contributed by atoms with Crippen molar-refractivity contribution in [3.63, 3.8) is 0 Å². The number of para-hydroxylation sites is 1. The smallest absolute Gasteiger partial charge is 0.324 e. The number of hydrogen-bond acceptors (Lipinski definition) is 4. The number of amides is 3. The van der Waals surface area contributed by atoms with Gasteiger partial charge in [0.1, 0.15) is 5.15 Å². The molecule has 142 valence electrons. The maximum Gasteiger partial charge on any atom is 0.324 e. The predicted octanol–water partition coefficient (Wildman–Crippen LogP) is 3.72. The average Bonchev–Trinajstić information content (AvgIpc) is 3.01. The monoisotopic (exact) mass is 395 g/mol. The van der Waals surface area contributed by atoms with Gasteiger partial charge in [-0.05, 0) is 30.7 Å². The van der Waals surface area contributed by atoms with E-state index in [-0.39, 0.29) is 22.7 Å². The molecule has 3 aromatic rings.